The van der Waals surface area contributed by atoms with Gasteiger partial charge < -0.3 is 21.1 Å². The quantitative estimate of drug-likeness (QED) is 0.608. The van der Waals surface area contributed by atoms with E-state index in [9.17, 15) is 23.1 Å². The molecule has 168 valence electrons. The number of carbonyl (C=O) groups excluding carboxylic acids is 1. The summed E-state index contributed by atoms with van der Waals surface area (Å²) in [7, 11) is 0. The molecular formula is C19H20Cl2F3N5O2. The van der Waals surface area contributed by atoms with Gasteiger partial charge in [0, 0.05) is 12.6 Å². The van der Waals surface area contributed by atoms with E-state index in [1.807, 2.05) is 0 Å². The Morgan fingerprint density at radius 3 is 2.61 bits per heavy atom. The molecule has 0 saturated heterocycles. The lowest BCUT2D eigenvalue weighted by Gasteiger charge is -2.31. The summed E-state index contributed by atoms with van der Waals surface area (Å²) in [6, 6.07) is 2.52. The van der Waals surface area contributed by atoms with Gasteiger partial charge in [-0.15, -0.1) is 0 Å². The van der Waals surface area contributed by atoms with Gasteiger partial charge in [0.2, 0.25) is 5.95 Å². The fourth-order valence-electron chi connectivity index (χ4n) is 3.41. The highest BCUT2D eigenvalue weighted by Crippen LogP contribution is 2.43. The van der Waals surface area contributed by atoms with Crippen LogP contribution in [0.1, 0.15) is 35.4 Å². The molecule has 1 aromatic carbocycles. The molecule has 2 amide bonds. The van der Waals surface area contributed by atoms with Crippen LogP contribution >= 0.6 is 23.2 Å². The first kappa shape index (κ1) is 23.4. The number of alkyl halides is 3. The monoisotopic (exact) mass is 477 g/mol. The summed E-state index contributed by atoms with van der Waals surface area (Å²) in [6.07, 6.45) is -4.59. The van der Waals surface area contributed by atoms with Crippen LogP contribution in [0, 0.1) is 0 Å². The van der Waals surface area contributed by atoms with Crippen molar-refractivity contribution in [2.45, 2.75) is 38.0 Å². The molecule has 2 aromatic rings. The predicted molar refractivity (Wildman–Crippen MR) is 110 cm³/mol. The van der Waals surface area contributed by atoms with Crippen molar-refractivity contribution in [1.82, 2.24) is 14.9 Å². The van der Waals surface area contributed by atoms with E-state index in [1.165, 1.54) is 23.1 Å². The van der Waals surface area contributed by atoms with Gasteiger partial charge in [0.05, 0.1) is 34.6 Å². The Hall–Kier alpha value is -2.30. The molecule has 4 N–H and O–H groups in total. The van der Waals surface area contributed by atoms with Gasteiger partial charge in [-0.1, -0.05) is 29.3 Å². The summed E-state index contributed by atoms with van der Waals surface area (Å²) in [4.78, 5) is 21.3. The number of fused-ring (bicyclic) bond motifs is 1. The third kappa shape index (κ3) is 5.13. The molecule has 0 radical (unpaired) electrons. The Labute approximate surface area is 186 Å². The molecule has 0 fully saturated rings. The molecule has 0 saturated carbocycles. The van der Waals surface area contributed by atoms with Crippen molar-refractivity contribution >= 4 is 35.2 Å². The first-order valence-electron chi connectivity index (χ1n) is 9.34. The average Bonchev–Trinajstić information content (AvgIpc) is 2.69. The number of aromatic nitrogens is 2. The summed E-state index contributed by atoms with van der Waals surface area (Å²) >= 11 is 11.9. The molecule has 2 heterocycles. The third-order valence-electron chi connectivity index (χ3n) is 4.94. The van der Waals surface area contributed by atoms with Crippen LogP contribution in [-0.4, -0.2) is 51.4 Å². The van der Waals surface area contributed by atoms with Gasteiger partial charge in [-0.25, -0.2) is 14.8 Å². The lowest BCUT2D eigenvalue weighted by molar-refractivity contribution is -0.142. The van der Waals surface area contributed by atoms with Crippen molar-refractivity contribution < 1.29 is 23.1 Å². The van der Waals surface area contributed by atoms with Crippen LogP contribution in [-0.2, 0) is 13.0 Å². The normalized spacial score (nSPS) is 15.9. The maximum Gasteiger partial charge on any atom is 0.401 e. The average molecular weight is 478 g/mol. The van der Waals surface area contributed by atoms with Crippen LogP contribution in [0.5, 0.6) is 0 Å². The first-order valence-corrected chi connectivity index (χ1v) is 10.1. The Balaban J connectivity index is 2.19. The van der Waals surface area contributed by atoms with E-state index in [-0.39, 0.29) is 59.1 Å². The number of primary amides is 1. The molecule has 1 aromatic heterocycles. The second-order valence-electron chi connectivity index (χ2n) is 7.24. The number of halogens is 5. The van der Waals surface area contributed by atoms with Crippen molar-refractivity contribution in [3.8, 4) is 0 Å². The lowest BCUT2D eigenvalue weighted by Crippen LogP contribution is -2.41. The standard InChI is InChI=1S/C19H20Cl2F3N5O2/c1-9(8-30)26-18-27-14-7-29(17(25)31)5-4-11(14)16(28-18)15(19(22,23)24)10-2-3-12(20)13(21)6-10/h2-3,6,9,15,30H,4-5,7-8H2,1H3,(H2,25,31)(H,26,27,28)/t9-,15-/m0/s1. The maximum atomic E-state index is 14.3. The van der Waals surface area contributed by atoms with Crippen molar-refractivity contribution in [2.75, 3.05) is 18.5 Å². The van der Waals surface area contributed by atoms with E-state index < -0.39 is 24.2 Å². The van der Waals surface area contributed by atoms with E-state index >= 15 is 0 Å². The minimum absolute atomic E-state index is 0.0107. The maximum absolute atomic E-state index is 14.3. The van der Waals surface area contributed by atoms with Crippen molar-refractivity contribution in [1.29, 1.82) is 0 Å². The minimum Gasteiger partial charge on any atom is -0.394 e. The molecule has 31 heavy (non-hydrogen) atoms. The number of hydrogen-bond acceptors (Lipinski definition) is 5. The van der Waals surface area contributed by atoms with Crippen LogP contribution in [0.25, 0.3) is 0 Å². The number of anilines is 1. The summed E-state index contributed by atoms with van der Waals surface area (Å²) in [5.41, 5.74) is 5.53. The van der Waals surface area contributed by atoms with E-state index in [1.54, 1.807) is 6.92 Å². The number of nitrogens with zero attached hydrogens (tertiary/aromatic N) is 3. The van der Waals surface area contributed by atoms with Gasteiger partial charge in [0.25, 0.3) is 0 Å². The van der Waals surface area contributed by atoms with E-state index in [0.29, 0.717) is 5.56 Å². The Bertz CT molecular complexity index is 990. The zero-order valence-corrected chi connectivity index (χ0v) is 17.9. The number of benzene rings is 1. The zero-order chi connectivity index (χ0) is 22.9. The van der Waals surface area contributed by atoms with Crippen molar-refractivity contribution in [2.24, 2.45) is 5.73 Å². The molecule has 0 spiro atoms. The van der Waals surface area contributed by atoms with Gasteiger partial charge in [0.1, 0.15) is 5.92 Å². The number of nitrogens with two attached hydrogens (primary N) is 1. The van der Waals surface area contributed by atoms with Crippen LogP contribution in [0.2, 0.25) is 10.0 Å². The van der Waals surface area contributed by atoms with Crippen molar-refractivity contribution in [3.63, 3.8) is 0 Å². The highest BCUT2D eigenvalue weighted by Gasteiger charge is 2.45. The molecule has 12 heteroatoms. The summed E-state index contributed by atoms with van der Waals surface area (Å²) in [5, 5.41) is 12.2. The molecule has 3 rings (SSSR count). The number of aliphatic hydroxyl groups is 1. The molecule has 0 aliphatic carbocycles. The van der Waals surface area contributed by atoms with E-state index in [4.69, 9.17) is 28.9 Å². The smallest absolute Gasteiger partial charge is 0.394 e. The Morgan fingerprint density at radius 1 is 1.32 bits per heavy atom. The number of rotatable bonds is 5. The highest BCUT2D eigenvalue weighted by molar-refractivity contribution is 6.42. The van der Waals surface area contributed by atoms with Gasteiger partial charge in [-0.3, -0.25) is 0 Å². The second-order valence-corrected chi connectivity index (χ2v) is 8.06. The van der Waals surface area contributed by atoms with Gasteiger partial charge in [0.15, 0.2) is 0 Å². The summed E-state index contributed by atoms with van der Waals surface area (Å²) in [5.74, 6) is -2.18. The summed E-state index contributed by atoms with van der Waals surface area (Å²) < 4.78 is 42.8. The minimum atomic E-state index is -4.69. The fraction of sp³-hybridized carbons (Fsp3) is 0.421. The number of carbonyl (C=O) groups is 1. The third-order valence-corrected chi connectivity index (χ3v) is 5.67. The van der Waals surface area contributed by atoms with Crippen LogP contribution < -0.4 is 11.1 Å². The molecule has 1 aliphatic heterocycles. The number of hydrogen-bond donors (Lipinski definition) is 3. The lowest BCUT2D eigenvalue weighted by atomic mass is 9.89. The van der Waals surface area contributed by atoms with E-state index in [2.05, 4.69) is 15.3 Å². The fourth-order valence-corrected chi connectivity index (χ4v) is 3.72. The molecular weight excluding hydrogens is 458 g/mol. The number of urea groups is 1. The molecule has 7 nitrogen and oxygen atoms in total. The number of aliphatic hydroxyl groups excluding tert-OH is 1. The van der Waals surface area contributed by atoms with Gasteiger partial charge >= 0.3 is 12.2 Å². The topological polar surface area (TPSA) is 104 Å². The number of nitrogens with one attached hydrogen (secondary N) is 1. The Morgan fingerprint density at radius 2 is 2.03 bits per heavy atom. The first-order chi connectivity index (χ1) is 14.5. The number of amides is 2. The molecule has 1 aliphatic rings. The molecule has 0 bridgehead atoms. The largest absolute Gasteiger partial charge is 0.401 e. The van der Waals surface area contributed by atoms with Gasteiger partial charge in [-0.2, -0.15) is 13.2 Å². The van der Waals surface area contributed by atoms with Crippen LogP contribution in [0.15, 0.2) is 18.2 Å². The zero-order valence-electron chi connectivity index (χ0n) is 16.4. The van der Waals surface area contributed by atoms with Crippen LogP contribution in [0.3, 0.4) is 0 Å². The van der Waals surface area contributed by atoms with E-state index in [0.717, 1.165) is 0 Å². The second kappa shape index (κ2) is 9.05. The molecule has 0 unspecified atom stereocenters. The highest BCUT2D eigenvalue weighted by atomic mass is 35.5. The van der Waals surface area contributed by atoms with Crippen molar-refractivity contribution in [3.05, 3.63) is 50.8 Å². The SMILES string of the molecule is C[C@@H](CO)Nc1nc2c(c([C@H](c3ccc(Cl)c(Cl)c3)C(F)(F)F)n1)CCN(C(N)=O)C2. The van der Waals surface area contributed by atoms with Gasteiger partial charge in [-0.05, 0) is 36.6 Å². The summed E-state index contributed by atoms with van der Waals surface area (Å²) in [6.45, 7) is 1.44. The van der Waals surface area contributed by atoms with Crippen LogP contribution in [0.4, 0.5) is 23.9 Å². The Kier molecular flexibility index (Phi) is 6.82. The predicted octanol–water partition coefficient (Wildman–Crippen LogP) is 3.71. The molecule has 2 atom stereocenters.